The number of aliphatic hydroxyl groups is 1. The van der Waals surface area contributed by atoms with Gasteiger partial charge in [-0.3, -0.25) is 37.3 Å². The number of carbonyl (C=O) groups is 4. The summed E-state index contributed by atoms with van der Waals surface area (Å²) in [5, 5.41) is 10.6. The van der Waals surface area contributed by atoms with Crippen LogP contribution in [0.2, 0.25) is 0 Å². The summed E-state index contributed by atoms with van der Waals surface area (Å²) in [6, 6.07) is 0. The van der Waals surface area contributed by atoms with Crippen LogP contribution in [0.1, 0.15) is 401 Å². The highest BCUT2D eigenvalue weighted by atomic mass is 31.2. The summed E-state index contributed by atoms with van der Waals surface area (Å²) in [5.74, 6) is -1.41. The number of phosphoric acid groups is 2. The van der Waals surface area contributed by atoms with Gasteiger partial charge in [-0.15, -0.1) is 0 Å². The van der Waals surface area contributed by atoms with Crippen molar-refractivity contribution in [2.45, 2.75) is 419 Å². The van der Waals surface area contributed by atoms with Crippen molar-refractivity contribution < 1.29 is 80.2 Å². The predicted octanol–water partition coefficient (Wildman–Crippen LogP) is 22.5. The van der Waals surface area contributed by atoms with Gasteiger partial charge in [-0.05, 0) is 31.6 Å². The second-order valence-corrected chi connectivity index (χ2v) is 30.8. The molecule has 0 aromatic heterocycles. The van der Waals surface area contributed by atoms with Crippen LogP contribution in [0.5, 0.6) is 0 Å². The van der Waals surface area contributed by atoms with Gasteiger partial charge in [-0.25, -0.2) is 9.13 Å². The third-order valence-electron chi connectivity index (χ3n) is 17.8. The van der Waals surface area contributed by atoms with E-state index in [0.717, 1.165) is 102 Å². The molecule has 3 N–H and O–H groups in total. The molecule has 17 nitrogen and oxygen atoms in total. The van der Waals surface area contributed by atoms with E-state index in [1.54, 1.807) is 0 Å². The highest BCUT2D eigenvalue weighted by Gasteiger charge is 2.30. The standard InChI is InChI=1S/C76H148O17P2/c1-6-9-12-15-17-19-21-23-25-27-29-31-33-35-37-39-41-46-51-56-61-75(80)93-72(66-87-74(79)60-55-50-45-40-38-36-34-32-30-28-26-24-22-20-18-16-13-10-7-2)68-91-95(84,85)89-64-70(77)63-88-94(82,83)90-67-71(65-86-73(78)59-54-48-14-11-8-3)92-76(81)62-57-52-47-43-42-44-49-53-58-69(4)5/h69-72,77H,6-68H2,1-5H3,(H,82,83)(H,84,85)/t70-,71+,72+/m0/s1. The van der Waals surface area contributed by atoms with E-state index in [-0.39, 0.29) is 25.7 Å². The quantitative estimate of drug-likeness (QED) is 0.0222. The average molecular weight is 1400 g/mol. The number of esters is 4. The van der Waals surface area contributed by atoms with Gasteiger partial charge in [0.25, 0.3) is 0 Å². The molecule has 0 aliphatic carbocycles. The number of rotatable bonds is 76. The third kappa shape index (κ3) is 70.3. The third-order valence-corrected chi connectivity index (χ3v) is 19.7. The molecule has 2 unspecified atom stereocenters. The zero-order valence-corrected chi connectivity index (χ0v) is 63.6. The minimum Gasteiger partial charge on any atom is -0.462 e. The molecule has 0 rings (SSSR count). The first-order valence-corrected chi connectivity index (χ1v) is 42.6. The first kappa shape index (κ1) is 93.1. The molecule has 564 valence electrons. The number of phosphoric ester groups is 2. The molecule has 95 heavy (non-hydrogen) atoms. The van der Waals surface area contributed by atoms with Gasteiger partial charge in [0.2, 0.25) is 0 Å². The largest absolute Gasteiger partial charge is 0.472 e. The SMILES string of the molecule is CCCCCCCCCCCCCCCCCCCCCCC(=O)O[C@H](COC(=O)CCCCCCCCCCCCCCCCCCCCC)COP(=O)(O)OC[C@@H](O)COP(=O)(O)OC[C@@H](COC(=O)CCCCCCC)OC(=O)CCCCCCCCCCC(C)C. The molecule has 0 saturated heterocycles. The molecule has 0 spiro atoms. The fraction of sp³-hybridized carbons (Fsp3) is 0.947. The van der Waals surface area contributed by atoms with Gasteiger partial charge in [0.15, 0.2) is 12.2 Å². The normalized spacial score (nSPS) is 13.9. The fourth-order valence-electron chi connectivity index (χ4n) is 11.7. The lowest BCUT2D eigenvalue weighted by molar-refractivity contribution is -0.161. The van der Waals surface area contributed by atoms with Crippen molar-refractivity contribution in [2.24, 2.45) is 5.92 Å². The Hall–Kier alpha value is -1.94. The van der Waals surface area contributed by atoms with Crippen molar-refractivity contribution in [3.05, 3.63) is 0 Å². The van der Waals surface area contributed by atoms with Gasteiger partial charge >= 0.3 is 39.5 Å². The number of aliphatic hydroxyl groups excluding tert-OH is 1. The van der Waals surface area contributed by atoms with Crippen molar-refractivity contribution in [1.29, 1.82) is 0 Å². The number of hydrogen-bond acceptors (Lipinski definition) is 15. The maximum Gasteiger partial charge on any atom is 0.472 e. The molecule has 0 bridgehead atoms. The van der Waals surface area contributed by atoms with Gasteiger partial charge in [0, 0.05) is 25.7 Å². The van der Waals surface area contributed by atoms with Crippen LogP contribution >= 0.6 is 15.6 Å². The van der Waals surface area contributed by atoms with E-state index in [4.69, 9.17) is 37.0 Å². The van der Waals surface area contributed by atoms with E-state index in [9.17, 15) is 43.2 Å². The lowest BCUT2D eigenvalue weighted by Gasteiger charge is -2.21. The van der Waals surface area contributed by atoms with Crippen LogP contribution in [-0.2, 0) is 65.4 Å². The molecule has 0 radical (unpaired) electrons. The second-order valence-electron chi connectivity index (χ2n) is 27.9. The number of hydrogen-bond donors (Lipinski definition) is 3. The van der Waals surface area contributed by atoms with Gasteiger partial charge in [0.1, 0.15) is 19.3 Å². The maximum absolute atomic E-state index is 13.1. The van der Waals surface area contributed by atoms with Crippen LogP contribution in [0.15, 0.2) is 0 Å². The van der Waals surface area contributed by atoms with Crippen molar-refractivity contribution >= 4 is 39.5 Å². The second kappa shape index (κ2) is 69.2. The summed E-state index contributed by atoms with van der Waals surface area (Å²) < 4.78 is 68.3. The first-order valence-electron chi connectivity index (χ1n) is 39.6. The monoisotopic (exact) mass is 1400 g/mol. The summed E-state index contributed by atoms with van der Waals surface area (Å²) in [5.41, 5.74) is 0. The lowest BCUT2D eigenvalue weighted by Crippen LogP contribution is -2.30. The Balaban J connectivity index is 5.11. The Bertz CT molecular complexity index is 1820. The Kier molecular flexibility index (Phi) is 67.7. The molecule has 19 heteroatoms. The Morgan fingerprint density at radius 2 is 0.484 bits per heavy atom. The molecule has 0 aromatic rings. The lowest BCUT2D eigenvalue weighted by atomic mass is 10.0. The minimum atomic E-state index is -4.95. The Morgan fingerprint density at radius 1 is 0.284 bits per heavy atom. The van der Waals surface area contributed by atoms with Crippen LogP contribution in [0.4, 0.5) is 0 Å². The average Bonchev–Trinajstić information content (AvgIpc) is 1.41. The van der Waals surface area contributed by atoms with E-state index in [2.05, 4.69) is 34.6 Å². The number of ether oxygens (including phenoxy) is 4. The molecule has 0 aliphatic rings. The predicted molar refractivity (Wildman–Crippen MR) is 386 cm³/mol. The van der Waals surface area contributed by atoms with Crippen LogP contribution in [0, 0.1) is 5.92 Å². The van der Waals surface area contributed by atoms with E-state index in [1.165, 1.54) is 218 Å². The van der Waals surface area contributed by atoms with Gasteiger partial charge in [0.05, 0.1) is 26.4 Å². The van der Waals surface area contributed by atoms with E-state index >= 15 is 0 Å². The molecule has 0 fully saturated rings. The zero-order valence-electron chi connectivity index (χ0n) is 61.8. The van der Waals surface area contributed by atoms with Crippen LogP contribution in [0.3, 0.4) is 0 Å². The zero-order chi connectivity index (χ0) is 69.8. The molecule has 0 aromatic carbocycles. The molecule has 5 atom stereocenters. The molecule has 0 aliphatic heterocycles. The van der Waals surface area contributed by atoms with Crippen LogP contribution in [0.25, 0.3) is 0 Å². The summed E-state index contributed by atoms with van der Waals surface area (Å²) >= 11 is 0. The summed E-state index contributed by atoms with van der Waals surface area (Å²) in [6.45, 7) is 7.15. The van der Waals surface area contributed by atoms with Crippen LogP contribution in [-0.4, -0.2) is 96.7 Å². The van der Waals surface area contributed by atoms with Gasteiger partial charge in [-0.1, -0.05) is 349 Å². The highest BCUT2D eigenvalue weighted by molar-refractivity contribution is 7.47. The summed E-state index contributed by atoms with van der Waals surface area (Å²) in [7, 11) is -9.90. The molecule has 0 heterocycles. The Labute approximate surface area is 581 Å². The molecule has 0 amide bonds. The van der Waals surface area contributed by atoms with Crippen molar-refractivity contribution in [2.75, 3.05) is 39.6 Å². The molecule has 0 saturated carbocycles. The maximum atomic E-state index is 13.1. The summed E-state index contributed by atoms with van der Waals surface area (Å²) in [6.07, 6.45) is 59.0. The molecular formula is C76H148O17P2. The highest BCUT2D eigenvalue weighted by Crippen LogP contribution is 2.45. The van der Waals surface area contributed by atoms with Crippen molar-refractivity contribution in [3.63, 3.8) is 0 Å². The summed E-state index contributed by atoms with van der Waals surface area (Å²) in [4.78, 5) is 72.5. The fourth-order valence-corrected chi connectivity index (χ4v) is 13.3. The van der Waals surface area contributed by atoms with E-state index in [0.29, 0.717) is 25.7 Å². The number of carbonyl (C=O) groups excluding carboxylic acids is 4. The Morgan fingerprint density at radius 3 is 0.716 bits per heavy atom. The minimum absolute atomic E-state index is 0.104. The number of unbranched alkanes of at least 4 members (excludes halogenated alkanes) is 48. The van der Waals surface area contributed by atoms with Crippen molar-refractivity contribution in [1.82, 2.24) is 0 Å². The smallest absolute Gasteiger partial charge is 0.462 e. The molecular weight excluding hydrogens is 1250 g/mol. The van der Waals surface area contributed by atoms with Gasteiger partial charge in [-0.2, -0.15) is 0 Å². The van der Waals surface area contributed by atoms with Crippen LogP contribution < -0.4 is 0 Å². The van der Waals surface area contributed by atoms with Crippen molar-refractivity contribution in [3.8, 4) is 0 Å². The first-order chi connectivity index (χ1) is 46.0. The van der Waals surface area contributed by atoms with Gasteiger partial charge < -0.3 is 33.8 Å². The topological polar surface area (TPSA) is 237 Å². The van der Waals surface area contributed by atoms with E-state index < -0.39 is 97.5 Å². The van der Waals surface area contributed by atoms with E-state index in [1.807, 2.05) is 0 Å².